The minimum atomic E-state index is -1.24. The van der Waals surface area contributed by atoms with Crippen molar-refractivity contribution in [3.8, 4) is 0 Å². The molecule has 3 heterocycles. The van der Waals surface area contributed by atoms with E-state index >= 15 is 0 Å². The Bertz CT molecular complexity index is 1410. The number of nitrogens with one attached hydrogen (secondary N) is 6. The van der Waals surface area contributed by atoms with Gasteiger partial charge in [-0.1, -0.05) is 18.2 Å². The molecule has 14 nitrogen and oxygen atoms in total. The van der Waals surface area contributed by atoms with Crippen molar-refractivity contribution in [2.75, 3.05) is 6.54 Å². The number of para-hydroxylation sites is 1. The fraction of sp³-hybridized carbons (Fsp3) is 0.280. The van der Waals surface area contributed by atoms with E-state index in [4.69, 9.17) is 5.73 Å². The lowest BCUT2D eigenvalue weighted by Crippen LogP contribution is -2.54. The van der Waals surface area contributed by atoms with Gasteiger partial charge < -0.3 is 41.7 Å². The lowest BCUT2D eigenvalue weighted by molar-refractivity contribution is -0.141. The van der Waals surface area contributed by atoms with Crippen LogP contribution in [0.15, 0.2) is 55.5 Å². The molecule has 14 heteroatoms. The number of rotatable bonds is 13. The number of carboxylic acid groups (broad SMARTS) is 1. The van der Waals surface area contributed by atoms with Gasteiger partial charge in [-0.2, -0.15) is 0 Å². The Morgan fingerprint density at radius 3 is 2.18 bits per heavy atom. The Hall–Kier alpha value is -4.98. The van der Waals surface area contributed by atoms with E-state index in [1.165, 1.54) is 25.0 Å². The lowest BCUT2D eigenvalue weighted by Gasteiger charge is -2.20. The van der Waals surface area contributed by atoms with E-state index in [2.05, 4.69) is 40.9 Å². The van der Waals surface area contributed by atoms with Crippen LogP contribution in [0.1, 0.15) is 17.0 Å². The Balaban J connectivity index is 1.35. The van der Waals surface area contributed by atoms with Crippen molar-refractivity contribution in [1.29, 1.82) is 0 Å². The number of imidazole rings is 2. The molecule has 0 saturated heterocycles. The second-order valence-electron chi connectivity index (χ2n) is 8.97. The van der Waals surface area contributed by atoms with E-state index in [0.717, 1.165) is 16.5 Å². The average Bonchev–Trinajstić information content (AvgIpc) is 3.70. The predicted molar refractivity (Wildman–Crippen MR) is 139 cm³/mol. The first-order chi connectivity index (χ1) is 18.8. The highest BCUT2D eigenvalue weighted by atomic mass is 16.4. The third kappa shape index (κ3) is 7.29. The zero-order valence-electron chi connectivity index (χ0n) is 20.8. The standard InChI is InChI=1S/C25H29N9O5/c26-18(5-14-8-29-19-4-2-1-3-17(14)19)23(36)34-20(6-15-9-27-12-31-15)24(37)30-11-22(35)33-21(25(38)39)7-16-10-28-13-32-16/h1-4,8-10,12-13,18,20-21,29H,5-7,11,26H2,(H,27,31)(H,28,32)(H,30,37)(H,33,35)(H,34,36)(H,38,39). The molecule has 3 unspecified atom stereocenters. The minimum absolute atomic E-state index is 0.0121. The molecule has 0 spiro atoms. The number of aromatic nitrogens is 5. The molecule has 0 saturated carbocycles. The maximum Gasteiger partial charge on any atom is 0.326 e. The van der Waals surface area contributed by atoms with Crippen LogP contribution in [0.3, 0.4) is 0 Å². The monoisotopic (exact) mass is 535 g/mol. The number of carbonyl (C=O) groups excluding carboxylic acids is 3. The largest absolute Gasteiger partial charge is 0.480 e. The van der Waals surface area contributed by atoms with Gasteiger partial charge >= 0.3 is 5.97 Å². The second kappa shape index (κ2) is 12.5. The lowest BCUT2D eigenvalue weighted by atomic mass is 10.0. The highest BCUT2D eigenvalue weighted by molar-refractivity contribution is 5.93. The van der Waals surface area contributed by atoms with E-state index in [1.54, 1.807) is 6.20 Å². The zero-order chi connectivity index (χ0) is 27.8. The van der Waals surface area contributed by atoms with Crippen molar-refractivity contribution in [2.24, 2.45) is 5.73 Å². The number of carboxylic acids is 1. The van der Waals surface area contributed by atoms with Crippen LogP contribution in [-0.2, 0) is 38.4 Å². The van der Waals surface area contributed by atoms with Gasteiger partial charge in [0.1, 0.15) is 12.1 Å². The quantitative estimate of drug-likeness (QED) is 0.107. The molecule has 0 aliphatic heterocycles. The smallest absolute Gasteiger partial charge is 0.326 e. The van der Waals surface area contributed by atoms with Crippen LogP contribution in [-0.4, -0.2) is 78.4 Å². The van der Waals surface area contributed by atoms with Gasteiger partial charge in [0.25, 0.3) is 0 Å². The molecule has 0 bridgehead atoms. The third-order valence-corrected chi connectivity index (χ3v) is 6.10. The molecular formula is C25H29N9O5. The van der Waals surface area contributed by atoms with Crippen molar-refractivity contribution in [3.63, 3.8) is 0 Å². The van der Waals surface area contributed by atoms with E-state index in [0.29, 0.717) is 11.4 Å². The molecule has 3 aromatic heterocycles. The maximum atomic E-state index is 13.0. The molecule has 0 aliphatic carbocycles. The van der Waals surface area contributed by atoms with Gasteiger partial charge in [0.15, 0.2) is 0 Å². The van der Waals surface area contributed by atoms with Gasteiger partial charge in [-0.15, -0.1) is 0 Å². The predicted octanol–water partition coefficient (Wildman–Crippen LogP) is -0.860. The van der Waals surface area contributed by atoms with Gasteiger partial charge in [0.2, 0.25) is 17.7 Å². The van der Waals surface area contributed by atoms with Crippen molar-refractivity contribution in [3.05, 3.63) is 72.5 Å². The average molecular weight is 536 g/mol. The number of aliphatic carboxylic acids is 1. The van der Waals surface area contributed by atoms with E-state index in [1.807, 2.05) is 24.3 Å². The summed E-state index contributed by atoms with van der Waals surface area (Å²) in [5.74, 6) is -3.14. The number of fused-ring (bicyclic) bond motifs is 1. The Labute approximate surface area is 222 Å². The van der Waals surface area contributed by atoms with Crippen molar-refractivity contribution in [2.45, 2.75) is 37.4 Å². The van der Waals surface area contributed by atoms with Gasteiger partial charge in [-0.05, 0) is 18.1 Å². The molecule has 0 fully saturated rings. The first kappa shape index (κ1) is 27.1. The van der Waals surface area contributed by atoms with Gasteiger partial charge in [0.05, 0.1) is 25.2 Å². The fourth-order valence-electron chi connectivity index (χ4n) is 4.09. The summed E-state index contributed by atoms with van der Waals surface area (Å²) in [7, 11) is 0. The molecule has 3 amide bonds. The first-order valence-electron chi connectivity index (χ1n) is 12.2. The number of nitrogens with zero attached hydrogens (tertiary/aromatic N) is 2. The molecule has 9 N–H and O–H groups in total. The van der Waals surface area contributed by atoms with E-state index in [-0.39, 0.29) is 19.3 Å². The molecule has 39 heavy (non-hydrogen) atoms. The van der Waals surface area contributed by atoms with Crippen LogP contribution in [0.4, 0.5) is 0 Å². The number of H-pyrrole nitrogens is 3. The molecule has 4 rings (SSSR count). The summed E-state index contributed by atoms with van der Waals surface area (Å²) in [6.45, 7) is -0.498. The Kier molecular flexibility index (Phi) is 8.68. The molecule has 204 valence electrons. The summed E-state index contributed by atoms with van der Waals surface area (Å²) in [4.78, 5) is 66.4. The summed E-state index contributed by atoms with van der Waals surface area (Å²) < 4.78 is 0. The van der Waals surface area contributed by atoms with Crippen LogP contribution < -0.4 is 21.7 Å². The summed E-state index contributed by atoms with van der Waals surface area (Å²) in [6.07, 6.45) is 7.89. The highest BCUT2D eigenvalue weighted by Gasteiger charge is 2.27. The van der Waals surface area contributed by atoms with Gasteiger partial charge in [0, 0.05) is 53.7 Å². The number of amides is 3. The summed E-state index contributed by atoms with van der Waals surface area (Å²) >= 11 is 0. The number of hydrogen-bond donors (Lipinski definition) is 8. The Morgan fingerprint density at radius 1 is 0.872 bits per heavy atom. The number of carbonyl (C=O) groups is 4. The minimum Gasteiger partial charge on any atom is -0.480 e. The fourth-order valence-corrected chi connectivity index (χ4v) is 4.09. The molecule has 0 aliphatic rings. The number of benzene rings is 1. The van der Waals surface area contributed by atoms with Crippen molar-refractivity contribution < 1.29 is 24.3 Å². The topological polar surface area (TPSA) is 224 Å². The van der Waals surface area contributed by atoms with E-state index < -0.39 is 48.4 Å². The summed E-state index contributed by atoms with van der Waals surface area (Å²) in [5, 5.41) is 17.9. The molecule has 0 radical (unpaired) electrons. The van der Waals surface area contributed by atoms with Crippen LogP contribution >= 0.6 is 0 Å². The summed E-state index contributed by atoms with van der Waals surface area (Å²) in [6, 6.07) is 4.40. The van der Waals surface area contributed by atoms with Gasteiger partial charge in [-0.3, -0.25) is 14.4 Å². The van der Waals surface area contributed by atoms with Crippen LogP contribution in [0, 0.1) is 0 Å². The SMILES string of the molecule is NC(Cc1c[nH]c2ccccc12)C(=O)NC(Cc1cnc[nH]1)C(=O)NCC(=O)NC(Cc1cnc[nH]1)C(=O)O. The second-order valence-corrected chi connectivity index (χ2v) is 8.97. The van der Waals surface area contributed by atoms with Crippen LogP contribution in [0.5, 0.6) is 0 Å². The first-order valence-corrected chi connectivity index (χ1v) is 12.2. The zero-order valence-corrected chi connectivity index (χ0v) is 20.8. The number of nitrogens with two attached hydrogens (primary N) is 1. The van der Waals surface area contributed by atoms with Crippen molar-refractivity contribution in [1.82, 2.24) is 40.9 Å². The molecular weight excluding hydrogens is 506 g/mol. The third-order valence-electron chi connectivity index (χ3n) is 6.10. The van der Waals surface area contributed by atoms with Crippen LogP contribution in [0.25, 0.3) is 10.9 Å². The molecule has 1 aromatic carbocycles. The maximum absolute atomic E-state index is 13.0. The van der Waals surface area contributed by atoms with Gasteiger partial charge in [-0.25, -0.2) is 14.8 Å². The summed E-state index contributed by atoms with van der Waals surface area (Å²) in [5.41, 5.74) is 9.07. The molecule has 3 atom stereocenters. The number of hydrogen-bond acceptors (Lipinski definition) is 7. The highest BCUT2D eigenvalue weighted by Crippen LogP contribution is 2.18. The van der Waals surface area contributed by atoms with E-state index in [9.17, 15) is 24.3 Å². The van der Waals surface area contributed by atoms with Crippen LogP contribution in [0.2, 0.25) is 0 Å². The van der Waals surface area contributed by atoms with Crippen molar-refractivity contribution >= 4 is 34.6 Å². The Morgan fingerprint density at radius 2 is 1.54 bits per heavy atom. The molecule has 4 aromatic rings. The number of aromatic amines is 3. The normalized spacial score (nSPS) is 13.4.